The number of thiazole rings is 1. The molecule has 4 N–H and O–H groups in total. The average molecular weight is 571 g/mol. The molecule has 2 fully saturated rings. The number of nitrogen functional groups attached to an aromatic ring is 1. The number of aliphatic carboxylic acids is 1. The second-order valence-electron chi connectivity index (χ2n) is 8.67. The highest BCUT2D eigenvalue weighted by molar-refractivity contribution is 8.06. The molecule has 1 saturated carbocycles. The van der Waals surface area contributed by atoms with Crippen LogP contribution in [0.4, 0.5) is 5.13 Å². The Kier molecular flexibility index (Phi) is 7.59. The molecule has 14 heteroatoms. The molecule has 3 heterocycles. The minimum atomic E-state index is -1.25. The van der Waals surface area contributed by atoms with E-state index in [-0.39, 0.29) is 28.3 Å². The Hall–Kier alpha value is -3.54. The molecule has 2 amide bonds. The van der Waals surface area contributed by atoms with E-state index in [4.69, 9.17) is 10.6 Å². The summed E-state index contributed by atoms with van der Waals surface area (Å²) in [6.45, 7) is 0. The molecule has 5 rings (SSSR count). The minimum Gasteiger partial charge on any atom is -0.477 e. The van der Waals surface area contributed by atoms with Gasteiger partial charge in [-0.05, 0) is 37.8 Å². The van der Waals surface area contributed by atoms with Crippen LogP contribution in [0.1, 0.15) is 36.9 Å². The maximum absolute atomic E-state index is 13.2. The third-order valence-electron chi connectivity index (χ3n) is 6.24. The van der Waals surface area contributed by atoms with Crippen LogP contribution >= 0.6 is 34.9 Å². The Bertz CT molecular complexity index is 1390. The van der Waals surface area contributed by atoms with E-state index in [1.54, 1.807) is 29.6 Å². The van der Waals surface area contributed by atoms with E-state index in [2.05, 4.69) is 21.5 Å². The molecule has 2 aromatic rings. The predicted molar refractivity (Wildman–Crippen MR) is 143 cm³/mol. The van der Waals surface area contributed by atoms with Crippen LogP contribution in [0, 0.1) is 11.3 Å². The molecular weight excluding hydrogens is 549 g/mol. The van der Waals surface area contributed by atoms with Crippen molar-refractivity contribution in [2.45, 2.75) is 48.1 Å². The summed E-state index contributed by atoms with van der Waals surface area (Å²) in [5, 5.41) is 27.3. The van der Waals surface area contributed by atoms with Crippen molar-refractivity contribution in [2.24, 2.45) is 5.16 Å². The van der Waals surface area contributed by atoms with Crippen molar-refractivity contribution in [3.63, 3.8) is 0 Å². The number of carbonyl (C=O) groups is 3. The highest BCUT2D eigenvalue weighted by atomic mass is 32.2. The smallest absolute Gasteiger partial charge is 0.353 e. The summed E-state index contributed by atoms with van der Waals surface area (Å²) in [6, 6.07) is 8.00. The second-order valence-corrected chi connectivity index (χ2v) is 11.8. The number of carboxylic acid groups (broad SMARTS) is 1. The number of nitrogens with two attached hydrogens (primary N) is 1. The lowest BCUT2D eigenvalue weighted by molar-refractivity contribution is -0.150. The number of carboxylic acids is 1. The van der Waals surface area contributed by atoms with Crippen molar-refractivity contribution >= 4 is 63.5 Å². The number of carbonyl (C=O) groups excluding carboxylic acids is 2. The topological polar surface area (TPSA) is 171 Å². The number of nitriles is 1. The lowest BCUT2D eigenvalue weighted by Crippen LogP contribution is -2.71. The van der Waals surface area contributed by atoms with E-state index in [0.717, 1.165) is 48.8 Å². The third-order valence-corrected chi connectivity index (χ3v) is 9.53. The number of nitrogens with one attached hydrogen (secondary N) is 1. The van der Waals surface area contributed by atoms with Gasteiger partial charge in [-0.1, -0.05) is 29.1 Å². The third kappa shape index (κ3) is 5.09. The van der Waals surface area contributed by atoms with Crippen molar-refractivity contribution in [2.75, 3.05) is 11.5 Å². The van der Waals surface area contributed by atoms with Crippen molar-refractivity contribution in [3.05, 3.63) is 51.5 Å². The summed E-state index contributed by atoms with van der Waals surface area (Å²) in [7, 11) is 0. The number of rotatable bonds is 8. The van der Waals surface area contributed by atoms with Crippen molar-refractivity contribution in [3.8, 4) is 6.07 Å². The van der Waals surface area contributed by atoms with Crippen LogP contribution in [0.3, 0.4) is 0 Å². The maximum atomic E-state index is 13.2. The van der Waals surface area contributed by atoms with Crippen molar-refractivity contribution in [1.82, 2.24) is 15.2 Å². The number of hydrogen-bond donors (Lipinski definition) is 3. The Morgan fingerprint density at radius 1 is 1.32 bits per heavy atom. The molecule has 0 radical (unpaired) electrons. The fraction of sp³-hybridized carbons (Fsp3) is 0.333. The summed E-state index contributed by atoms with van der Waals surface area (Å²) in [6.07, 6.45) is 3.65. The predicted octanol–water partition coefficient (Wildman–Crippen LogP) is 2.75. The van der Waals surface area contributed by atoms with Gasteiger partial charge in [-0.25, -0.2) is 9.78 Å². The molecule has 196 valence electrons. The van der Waals surface area contributed by atoms with Gasteiger partial charge in [-0.2, -0.15) is 5.26 Å². The Morgan fingerprint density at radius 3 is 2.76 bits per heavy atom. The number of hydrogen-bond acceptors (Lipinski definition) is 11. The van der Waals surface area contributed by atoms with E-state index in [1.165, 1.54) is 16.7 Å². The summed E-state index contributed by atoms with van der Waals surface area (Å²) in [4.78, 5) is 50.5. The van der Waals surface area contributed by atoms with E-state index in [0.29, 0.717) is 21.1 Å². The molecule has 1 saturated heterocycles. The first kappa shape index (κ1) is 26.1. The Morgan fingerprint density at radius 2 is 2.08 bits per heavy atom. The van der Waals surface area contributed by atoms with E-state index < -0.39 is 29.2 Å². The molecule has 0 unspecified atom stereocenters. The number of amides is 2. The molecule has 11 nitrogen and oxygen atoms in total. The van der Waals surface area contributed by atoms with E-state index in [1.807, 2.05) is 0 Å². The number of nitrogens with zero attached hydrogens (tertiary/aromatic N) is 4. The van der Waals surface area contributed by atoms with Gasteiger partial charge in [-0.3, -0.25) is 14.5 Å². The highest BCUT2D eigenvalue weighted by Gasteiger charge is 2.54. The van der Waals surface area contributed by atoms with Gasteiger partial charge >= 0.3 is 5.97 Å². The fourth-order valence-corrected chi connectivity index (χ4v) is 7.48. The first-order valence-corrected chi connectivity index (χ1v) is 14.5. The van der Waals surface area contributed by atoms with Gasteiger partial charge in [-0.15, -0.1) is 23.1 Å². The van der Waals surface area contributed by atoms with Crippen LogP contribution in [0.5, 0.6) is 0 Å². The largest absolute Gasteiger partial charge is 0.477 e. The normalized spacial score (nSPS) is 21.5. The number of oxime groups is 1. The molecule has 1 aliphatic carbocycles. The van der Waals surface area contributed by atoms with Crippen molar-refractivity contribution in [1.29, 1.82) is 5.26 Å². The average Bonchev–Trinajstić information content (AvgIpc) is 3.59. The molecule has 1 aromatic carbocycles. The van der Waals surface area contributed by atoms with Crippen LogP contribution in [0.2, 0.25) is 0 Å². The number of fused-ring (bicyclic) bond motifs is 1. The summed E-state index contributed by atoms with van der Waals surface area (Å²) in [5.74, 6) is -2.17. The monoisotopic (exact) mass is 570 g/mol. The van der Waals surface area contributed by atoms with Gasteiger partial charge in [0.25, 0.3) is 11.8 Å². The molecular formula is C24H22N6O5S3. The molecule has 0 spiro atoms. The Balaban J connectivity index is 1.35. The molecule has 0 bridgehead atoms. The molecule has 3 aliphatic rings. The van der Waals surface area contributed by atoms with Crippen LogP contribution in [0.25, 0.3) is 0 Å². The number of anilines is 1. The summed E-state index contributed by atoms with van der Waals surface area (Å²) in [5.41, 5.74) is 6.17. The van der Waals surface area contributed by atoms with Crippen LogP contribution < -0.4 is 11.1 Å². The standard InChI is InChI=1S/C24H22N6O5S3/c25-9-12-5-1-4-8-15(12)38-16-11-36-22-18(21(32)30(22)19(16)23(33)34)28-20(31)17(14-10-37-24(26)27-14)29-35-13-6-2-3-7-13/h1,4-5,8,10,13,18,22H,2-3,6-7,11H2,(H2,26,27)(H,28,31)(H,33,34)/b29-17-/t18-,22-/m1/s1. The number of aromatic nitrogens is 1. The maximum Gasteiger partial charge on any atom is 0.353 e. The lowest BCUT2D eigenvalue weighted by Gasteiger charge is -2.49. The fourth-order valence-electron chi connectivity index (χ4n) is 4.38. The van der Waals surface area contributed by atoms with Gasteiger partial charge in [0, 0.05) is 20.9 Å². The van der Waals surface area contributed by atoms with Gasteiger partial charge in [0.2, 0.25) is 0 Å². The van der Waals surface area contributed by atoms with Gasteiger partial charge in [0.15, 0.2) is 10.8 Å². The molecule has 2 aliphatic heterocycles. The van der Waals surface area contributed by atoms with E-state index >= 15 is 0 Å². The summed E-state index contributed by atoms with van der Waals surface area (Å²) < 4.78 is 0. The SMILES string of the molecule is N#Cc1ccccc1SC1=C(C(=O)O)N2C(=O)[C@@H](NC(=O)/C(=N\OC3CCCC3)c3csc(N)n3)[C@H]2SC1. The Labute approximate surface area is 230 Å². The number of β-lactam (4-membered cyclic amide) rings is 1. The van der Waals surface area contributed by atoms with Crippen molar-refractivity contribution < 1.29 is 24.3 Å². The summed E-state index contributed by atoms with van der Waals surface area (Å²) >= 11 is 3.64. The quantitative estimate of drug-likeness (QED) is 0.243. The molecule has 2 atom stereocenters. The van der Waals surface area contributed by atoms with Crippen LogP contribution in [-0.4, -0.2) is 61.8 Å². The van der Waals surface area contributed by atoms with Gasteiger partial charge < -0.3 is 21.0 Å². The molecule has 38 heavy (non-hydrogen) atoms. The minimum absolute atomic E-state index is 0.0877. The van der Waals surface area contributed by atoms with Crippen LogP contribution in [-0.2, 0) is 19.2 Å². The van der Waals surface area contributed by atoms with E-state index in [9.17, 15) is 24.8 Å². The zero-order valence-corrected chi connectivity index (χ0v) is 22.3. The molecule has 1 aromatic heterocycles. The second kappa shape index (κ2) is 11.1. The van der Waals surface area contributed by atoms with Crippen LogP contribution in [0.15, 0.2) is 50.3 Å². The highest BCUT2D eigenvalue weighted by Crippen LogP contribution is 2.45. The van der Waals surface area contributed by atoms with Gasteiger partial charge in [0.05, 0.1) is 5.56 Å². The van der Waals surface area contributed by atoms with Gasteiger partial charge in [0.1, 0.15) is 35.0 Å². The number of thioether (sulfide) groups is 2. The zero-order chi connectivity index (χ0) is 26.8. The first-order valence-electron chi connectivity index (χ1n) is 11.7. The lowest BCUT2D eigenvalue weighted by atomic mass is 10.0. The zero-order valence-electron chi connectivity index (χ0n) is 19.8. The number of benzene rings is 1. The first-order chi connectivity index (χ1) is 18.4.